The van der Waals surface area contributed by atoms with Crippen LogP contribution in [0.2, 0.25) is 0 Å². The SMILES string of the molecule is COc1ccc([C@@H](CNS(=O)(=O)c2cccc(-n3cnnn3)c2)c2c[nH]c3ccccc23)cc1. The molecule has 0 aliphatic carbocycles. The fourth-order valence-corrected chi connectivity index (χ4v) is 5.06. The molecule has 0 spiro atoms. The van der Waals surface area contributed by atoms with Crippen molar-refractivity contribution < 1.29 is 13.2 Å². The average Bonchev–Trinajstić information content (AvgIpc) is 3.56. The molecule has 0 unspecified atom stereocenters. The second-order valence-corrected chi connectivity index (χ2v) is 9.49. The maximum Gasteiger partial charge on any atom is 0.240 e. The number of methoxy groups -OCH3 is 1. The van der Waals surface area contributed by atoms with Crippen LogP contribution in [0.4, 0.5) is 0 Å². The predicted octanol–water partition coefficient (Wildman–Crippen LogP) is 3.26. The Labute approximate surface area is 196 Å². The number of benzene rings is 3. The van der Waals surface area contributed by atoms with Crippen LogP contribution in [0.3, 0.4) is 0 Å². The number of ether oxygens (including phenoxy) is 1. The molecule has 2 aromatic heterocycles. The Morgan fingerprint density at radius 3 is 2.65 bits per heavy atom. The van der Waals surface area contributed by atoms with Gasteiger partial charge in [0, 0.05) is 29.6 Å². The third-order valence-corrected chi connectivity index (χ3v) is 7.16. The van der Waals surface area contributed by atoms with Crippen molar-refractivity contribution in [3.05, 3.63) is 96.4 Å². The second-order valence-electron chi connectivity index (χ2n) is 7.72. The van der Waals surface area contributed by atoms with Gasteiger partial charge < -0.3 is 9.72 Å². The molecule has 10 heteroatoms. The normalized spacial score (nSPS) is 12.6. The first-order valence-corrected chi connectivity index (χ1v) is 12.1. The summed E-state index contributed by atoms with van der Waals surface area (Å²) in [7, 11) is -2.19. The minimum absolute atomic E-state index is 0.132. The number of nitrogens with zero attached hydrogens (tertiary/aromatic N) is 4. The van der Waals surface area contributed by atoms with Gasteiger partial charge in [-0.1, -0.05) is 36.4 Å². The van der Waals surface area contributed by atoms with Gasteiger partial charge in [-0.2, -0.15) is 0 Å². The minimum atomic E-state index is -3.80. The first-order chi connectivity index (χ1) is 16.5. The van der Waals surface area contributed by atoms with Crippen molar-refractivity contribution in [3.63, 3.8) is 0 Å². The van der Waals surface area contributed by atoms with Gasteiger partial charge in [-0.05, 0) is 58.0 Å². The van der Waals surface area contributed by atoms with Gasteiger partial charge in [0.1, 0.15) is 12.1 Å². The largest absolute Gasteiger partial charge is 0.497 e. The van der Waals surface area contributed by atoms with Gasteiger partial charge in [-0.3, -0.25) is 0 Å². The first kappa shape index (κ1) is 21.8. The number of fused-ring (bicyclic) bond motifs is 1. The van der Waals surface area contributed by atoms with E-state index in [1.165, 1.54) is 17.1 Å². The molecule has 0 amide bonds. The Morgan fingerprint density at radius 1 is 1.06 bits per heavy atom. The van der Waals surface area contributed by atoms with Crippen molar-refractivity contribution in [1.29, 1.82) is 0 Å². The Hall–Kier alpha value is -4.02. The number of hydrogen-bond acceptors (Lipinski definition) is 6. The molecule has 34 heavy (non-hydrogen) atoms. The lowest BCUT2D eigenvalue weighted by atomic mass is 9.91. The Balaban J connectivity index is 1.47. The third kappa shape index (κ3) is 4.28. The zero-order chi connectivity index (χ0) is 23.5. The lowest BCUT2D eigenvalue weighted by Crippen LogP contribution is -2.29. The van der Waals surface area contributed by atoms with Crippen molar-refractivity contribution in [2.24, 2.45) is 0 Å². The Morgan fingerprint density at radius 2 is 1.88 bits per heavy atom. The summed E-state index contributed by atoms with van der Waals surface area (Å²) in [5, 5.41) is 12.1. The smallest absolute Gasteiger partial charge is 0.240 e. The van der Waals surface area contributed by atoms with E-state index in [-0.39, 0.29) is 17.4 Å². The number of nitrogens with one attached hydrogen (secondary N) is 2. The summed E-state index contributed by atoms with van der Waals surface area (Å²) in [5.41, 5.74) is 3.52. The van der Waals surface area contributed by atoms with Gasteiger partial charge in [-0.15, -0.1) is 5.10 Å². The summed E-state index contributed by atoms with van der Waals surface area (Å²) in [5.74, 6) is 0.515. The lowest BCUT2D eigenvalue weighted by Gasteiger charge is -2.19. The zero-order valence-corrected chi connectivity index (χ0v) is 19.1. The fourth-order valence-electron chi connectivity index (χ4n) is 3.97. The number of hydrogen-bond donors (Lipinski definition) is 2. The Kier molecular flexibility index (Phi) is 5.83. The van der Waals surface area contributed by atoms with Crippen molar-refractivity contribution in [2.45, 2.75) is 10.8 Å². The average molecular weight is 475 g/mol. The van der Waals surface area contributed by atoms with E-state index in [9.17, 15) is 8.42 Å². The maximum absolute atomic E-state index is 13.2. The Bertz CT molecular complexity index is 1510. The standard InChI is InChI=1S/C24H22N6O3S/c1-33-19-11-9-17(10-12-19)22(23-14-25-24-8-3-2-7-21(23)24)15-27-34(31,32)20-6-4-5-18(13-20)30-16-26-28-29-30/h2-14,16,22,25,27H,15H2,1H3/t22-/m1/s1. The van der Waals surface area contributed by atoms with Crippen LogP contribution in [-0.4, -0.2) is 47.3 Å². The fraction of sp³-hybridized carbons (Fsp3) is 0.125. The predicted molar refractivity (Wildman–Crippen MR) is 127 cm³/mol. The summed E-state index contributed by atoms with van der Waals surface area (Å²) in [6.45, 7) is 0.172. The van der Waals surface area contributed by atoms with E-state index in [0.29, 0.717) is 5.69 Å². The van der Waals surface area contributed by atoms with Crippen molar-refractivity contribution in [2.75, 3.05) is 13.7 Å². The molecule has 2 N–H and O–H groups in total. The van der Waals surface area contributed by atoms with Crippen LogP contribution in [0, 0.1) is 0 Å². The molecule has 0 aliphatic rings. The van der Waals surface area contributed by atoms with Crippen molar-refractivity contribution >= 4 is 20.9 Å². The van der Waals surface area contributed by atoms with Gasteiger partial charge >= 0.3 is 0 Å². The molecule has 0 saturated carbocycles. The molecule has 5 rings (SSSR count). The summed E-state index contributed by atoms with van der Waals surface area (Å²) in [6.07, 6.45) is 3.35. The van der Waals surface area contributed by atoms with Gasteiger partial charge in [0.15, 0.2) is 0 Å². The molecule has 2 heterocycles. The second kappa shape index (κ2) is 9.08. The monoisotopic (exact) mass is 474 g/mol. The van der Waals surface area contributed by atoms with Crippen LogP contribution < -0.4 is 9.46 Å². The number of para-hydroxylation sites is 1. The van der Waals surface area contributed by atoms with Crippen LogP contribution >= 0.6 is 0 Å². The van der Waals surface area contributed by atoms with E-state index in [4.69, 9.17) is 4.74 Å². The number of H-pyrrole nitrogens is 1. The van der Waals surface area contributed by atoms with E-state index in [1.807, 2.05) is 54.7 Å². The number of sulfonamides is 1. The molecule has 5 aromatic rings. The topological polar surface area (TPSA) is 115 Å². The quantitative estimate of drug-likeness (QED) is 0.357. The highest BCUT2D eigenvalue weighted by Crippen LogP contribution is 2.32. The van der Waals surface area contributed by atoms with Gasteiger partial charge in [-0.25, -0.2) is 17.8 Å². The molecule has 3 aromatic carbocycles. The summed E-state index contributed by atoms with van der Waals surface area (Å²) in [4.78, 5) is 3.42. The molecule has 0 aliphatic heterocycles. The van der Waals surface area contributed by atoms with E-state index >= 15 is 0 Å². The van der Waals surface area contributed by atoms with Crippen LogP contribution in [0.25, 0.3) is 16.6 Å². The van der Waals surface area contributed by atoms with Gasteiger partial charge in [0.05, 0.1) is 17.7 Å². The molecule has 0 saturated heterocycles. The molecule has 0 fully saturated rings. The minimum Gasteiger partial charge on any atom is -0.497 e. The summed E-state index contributed by atoms with van der Waals surface area (Å²) >= 11 is 0. The van der Waals surface area contributed by atoms with E-state index < -0.39 is 10.0 Å². The van der Waals surface area contributed by atoms with Crippen molar-refractivity contribution in [1.82, 2.24) is 29.9 Å². The zero-order valence-electron chi connectivity index (χ0n) is 18.3. The van der Waals surface area contributed by atoms with Crippen LogP contribution in [0.5, 0.6) is 5.75 Å². The van der Waals surface area contributed by atoms with Crippen LogP contribution in [-0.2, 0) is 10.0 Å². The third-order valence-electron chi connectivity index (χ3n) is 5.73. The summed E-state index contributed by atoms with van der Waals surface area (Å²) in [6, 6.07) is 22.1. The molecule has 0 bridgehead atoms. The van der Waals surface area contributed by atoms with E-state index in [1.54, 1.807) is 25.3 Å². The highest BCUT2D eigenvalue weighted by atomic mass is 32.2. The molecule has 172 valence electrons. The van der Waals surface area contributed by atoms with E-state index in [2.05, 4.69) is 25.2 Å². The molecular formula is C24H22N6O3S. The number of aromatic nitrogens is 5. The molecular weight excluding hydrogens is 452 g/mol. The lowest BCUT2D eigenvalue weighted by molar-refractivity contribution is 0.414. The first-order valence-electron chi connectivity index (χ1n) is 10.6. The molecule has 9 nitrogen and oxygen atoms in total. The number of rotatable bonds is 8. The van der Waals surface area contributed by atoms with Gasteiger partial charge in [0.2, 0.25) is 10.0 Å². The highest BCUT2D eigenvalue weighted by Gasteiger charge is 2.22. The highest BCUT2D eigenvalue weighted by molar-refractivity contribution is 7.89. The van der Waals surface area contributed by atoms with E-state index in [0.717, 1.165) is 27.8 Å². The number of tetrazole rings is 1. The molecule has 1 atom stereocenters. The summed E-state index contributed by atoms with van der Waals surface area (Å²) < 4.78 is 35.9. The van der Waals surface area contributed by atoms with Crippen LogP contribution in [0.1, 0.15) is 17.0 Å². The number of aromatic amines is 1. The van der Waals surface area contributed by atoms with Gasteiger partial charge in [0.25, 0.3) is 0 Å². The van der Waals surface area contributed by atoms with Crippen LogP contribution in [0.15, 0.2) is 90.2 Å². The molecule has 0 radical (unpaired) electrons. The maximum atomic E-state index is 13.2. The van der Waals surface area contributed by atoms with Crippen molar-refractivity contribution in [3.8, 4) is 11.4 Å².